The van der Waals surface area contributed by atoms with Crippen molar-refractivity contribution < 1.29 is 10.2 Å². The first kappa shape index (κ1) is 12.2. The van der Waals surface area contributed by atoms with Crippen molar-refractivity contribution in [3.05, 3.63) is 23.8 Å². The summed E-state index contributed by atoms with van der Waals surface area (Å²) in [6, 6.07) is 5.14. The van der Waals surface area contributed by atoms with Crippen LogP contribution in [0.3, 0.4) is 0 Å². The quantitative estimate of drug-likeness (QED) is 0.775. The Labute approximate surface area is 102 Å². The Bertz CT molecular complexity index is 374. The number of phenols is 2. The van der Waals surface area contributed by atoms with Crippen molar-refractivity contribution in [2.24, 2.45) is 0 Å². The van der Waals surface area contributed by atoms with Gasteiger partial charge in [0.05, 0.1) is 0 Å². The zero-order valence-electron chi connectivity index (χ0n) is 10.3. The average molecular weight is 236 g/mol. The number of rotatable bonds is 3. The van der Waals surface area contributed by atoms with E-state index in [2.05, 4.69) is 16.7 Å². The molecule has 0 spiro atoms. The normalized spacial score (nSPS) is 18.4. The highest BCUT2D eigenvalue weighted by Gasteiger charge is 2.17. The SMILES string of the molecule is CCN1CCN(Cc2cccc(O)c2O)CC1. The molecule has 0 unspecified atom stereocenters. The maximum atomic E-state index is 9.74. The van der Waals surface area contributed by atoms with Crippen LogP contribution in [0, 0.1) is 0 Å². The van der Waals surface area contributed by atoms with Crippen LogP contribution in [0.25, 0.3) is 0 Å². The number of para-hydroxylation sites is 1. The van der Waals surface area contributed by atoms with E-state index in [0.717, 1.165) is 38.3 Å². The summed E-state index contributed by atoms with van der Waals surface area (Å²) in [5, 5.41) is 19.2. The lowest BCUT2D eigenvalue weighted by Gasteiger charge is -2.34. The summed E-state index contributed by atoms with van der Waals surface area (Å²) in [7, 11) is 0. The smallest absolute Gasteiger partial charge is 0.161 e. The Morgan fingerprint density at radius 1 is 1.06 bits per heavy atom. The molecule has 2 N–H and O–H groups in total. The van der Waals surface area contributed by atoms with Crippen LogP contribution in [-0.4, -0.2) is 52.7 Å². The first-order valence-corrected chi connectivity index (χ1v) is 6.15. The Morgan fingerprint density at radius 3 is 2.35 bits per heavy atom. The molecule has 1 aromatic carbocycles. The van der Waals surface area contributed by atoms with Gasteiger partial charge in [0.25, 0.3) is 0 Å². The molecule has 0 atom stereocenters. The zero-order valence-corrected chi connectivity index (χ0v) is 10.3. The van der Waals surface area contributed by atoms with E-state index in [0.29, 0.717) is 6.54 Å². The van der Waals surface area contributed by atoms with E-state index in [1.54, 1.807) is 6.07 Å². The molecule has 0 bridgehead atoms. The summed E-state index contributed by atoms with van der Waals surface area (Å²) in [4.78, 5) is 4.72. The summed E-state index contributed by atoms with van der Waals surface area (Å²) in [5.41, 5.74) is 0.801. The first-order valence-electron chi connectivity index (χ1n) is 6.15. The molecule has 1 aromatic rings. The number of phenolic OH excluding ortho intramolecular Hbond substituents is 2. The lowest BCUT2D eigenvalue weighted by atomic mass is 10.1. The Balaban J connectivity index is 1.95. The standard InChI is InChI=1S/C13H20N2O2/c1-2-14-6-8-15(9-7-14)10-11-4-3-5-12(16)13(11)17/h3-5,16-17H,2,6-10H2,1H3. The maximum Gasteiger partial charge on any atom is 0.161 e. The molecule has 0 saturated carbocycles. The van der Waals surface area contributed by atoms with Gasteiger partial charge in [0.2, 0.25) is 0 Å². The summed E-state index contributed by atoms with van der Waals surface area (Å²) in [5.74, 6) is -0.0138. The van der Waals surface area contributed by atoms with E-state index in [4.69, 9.17) is 0 Å². The number of hydrogen-bond donors (Lipinski definition) is 2. The van der Waals surface area contributed by atoms with Gasteiger partial charge >= 0.3 is 0 Å². The minimum absolute atomic E-state index is 0.0189. The molecule has 4 nitrogen and oxygen atoms in total. The molecule has 1 heterocycles. The van der Waals surface area contributed by atoms with Gasteiger partial charge in [0.15, 0.2) is 11.5 Å². The summed E-state index contributed by atoms with van der Waals surface area (Å²) in [6.07, 6.45) is 0. The van der Waals surface area contributed by atoms with Crippen LogP contribution in [0.1, 0.15) is 12.5 Å². The van der Waals surface area contributed by atoms with Gasteiger partial charge < -0.3 is 15.1 Å². The molecule has 1 aliphatic heterocycles. The second-order valence-corrected chi connectivity index (χ2v) is 4.50. The zero-order chi connectivity index (χ0) is 12.3. The highest BCUT2D eigenvalue weighted by atomic mass is 16.3. The van der Waals surface area contributed by atoms with Crippen LogP contribution < -0.4 is 0 Å². The number of aromatic hydroxyl groups is 2. The lowest BCUT2D eigenvalue weighted by Crippen LogP contribution is -2.45. The highest BCUT2D eigenvalue weighted by molar-refractivity contribution is 5.44. The molecule has 0 amide bonds. The van der Waals surface area contributed by atoms with Gasteiger partial charge in [-0.25, -0.2) is 0 Å². The monoisotopic (exact) mass is 236 g/mol. The van der Waals surface area contributed by atoms with Crippen molar-refractivity contribution in [2.75, 3.05) is 32.7 Å². The molecule has 1 aliphatic rings. The van der Waals surface area contributed by atoms with Gasteiger partial charge in [-0.3, -0.25) is 4.90 Å². The summed E-state index contributed by atoms with van der Waals surface area (Å²) >= 11 is 0. The fourth-order valence-electron chi connectivity index (χ4n) is 2.21. The van der Waals surface area contributed by atoms with Crippen LogP contribution >= 0.6 is 0 Å². The fraction of sp³-hybridized carbons (Fsp3) is 0.538. The molecule has 17 heavy (non-hydrogen) atoms. The van der Waals surface area contributed by atoms with Crippen LogP contribution in [0.5, 0.6) is 11.5 Å². The van der Waals surface area contributed by atoms with Crippen molar-refractivity contribution >= 4 is 0 Å². The minimum Gasteiger partial charge on any atom is -0.504 e. The number of hydrogen-bond acceptors (Lipinski definition) is 4. The van der Waals surface area contributed by atoms with Gasteiger partial charge in [-0.15, -0.1) is 0 Å². The van der Waals surface area contributed by atoms with E-state index < -0.39 is 0 Å². The molecular formula is C13H20N2O2. The van der Waals surface area contributed by atoms with Crippen molar-refractivity contribution in [2.45, 2.75) is 13.5 Å². The first-order chi connectivity index (χ1) is 8.20. The largest absolute Gasteiger partial charge is 0.504 e. The molecule has 0 radical (unpaired) electrons. The van der Waals surface area contributed by atoms with Crippen LogP contribution in [0.15, 0.2) is 18.2 Å². The number of benzene rings is 1. The van der Waals surface area contributed by atoms with Gasteiger partial charge in [0.1, 0.15) is 0 Å². The third kappa shape index (κ3) is 2.90. The predicted molar refractivity (Wildman–Crippen MR) is 67.2 cm³/mol. The Kier molecular flexibility index (Phi) is 3.86. The maximum absolute atomic E-state index is 9.74. The molecule has 4 heteroatoms. The summed E-state index contributed by atoms with van der Waals surface area (Å²) < 4.78 is 0. The van der Waals surface area contributed by atoms with E-state index in [1.165, 1.54) is 6.07 Å². The van der Waals surface area contributed by atoms with E-state index >= 15 is 0 Å². The number of likely N-dealkylation sites (N-methyl/N-ethyl adjacent to an activating group) is 1. The van der Waals surface area contributed by atoms with E-state index in [1.807, 2.05) is 6.07 Å². The highest BCUT2D eigenvalue weighted by Crippen LogP contribution is 2.29. The van der Waals surface area contributed by atoms with Gasteiger partial charge in [0, 0.05) is 38.3 Å². The predicted octanol–water partition coefficient (Wildman–Crippen LogP) is 1.24. The topological polar surface area (TPSA) is 46.9 Å². The second-order valence-electron chi connectivity index (χ2n) is 4.50. The minimum atomic E-state index is -0.0327. The van der Waals surface area contributed by atoms with Crippen molar-refractivity contribution in [3.63, 3.8) is 0 Å². The summed E-state index contributed by atoms with van der Waals surface area (Å²) in [6.45, 7) is 8.18. The molecule has 2 rings (SSSR count). The van der Waals surface area contributed by atoms with E-state index in [9.17, 15) is 10.2 Å². The number of nitrogens with zero attached hydrogens (tertiary/aromatic N) is 2. The molecular weight excluding hydrogens is 216 g/mol. The van der Waals surface area contributed by atoms with Crippen molar-refractivity contribution in [3.8, 4) is 11.5 Å². The Hall–Kier alpha value is -1.26. The molecule has 1 fully saturated rings. The van der Waals surface area contributed by atoms with Crippen LogP contribution in [-0.2, 0) is 6.54 Å². The second kappa shape index (κ2) is 5.38. The number of piperazine rings is 1. The van der Waals surface area contributed by atoms with E-state index in [-0.39, 0.29) is 11.5 Å². The molecule has 94 valence electrons. The van der Waals surface area contributed by atoms with Crippen molar-refractivity contribution in [1.82, 2.24) is 9.80 Å². The van der Waals surface area contributed by atoms with Gasteiger partial charge in [-0.1, -0.05) is 19.1 Å². The molecule has 1 saturated heterocycles. The lowest BCUT2D eigenvalue weighted by molar-refractivity contribution is 0.131. The third-order valence-corrected chi connectivity index (χ3v) is 3.40. The average Bonchev–Trinajstić information content (AvgIpc) is 2.36. The van der Waals surface area contributed by atoms with Crippen molar-refractivity contribution in [1.29, 1.82) is 0 Å². The van der Waals surface area contributed by atoms with Crippen LogP contribution in [0.2, 0.25) is 0 Å². The molecule has 0 aliphatic carbocycles. The van der Waals surface area contributed by atoms with Gasteiger partial charge in [-0.05, 0) is 12.6 Å². The molecule has 0 aromatic heterocycles. The van der Waals surface area contributed by atoms with Crippen LogP contribution in [0.4, 0.5) is 0 Å². The van der Waals surface area contributed by atoms with Gasteiger partial charge in [-0.2, -0.15) is 0 Å². The fourth-order valence-corrected chi connectivity index (χ4v) is 2.21. The third-order valence-electron chi connectivity index (χ3n) is 3.40. The Morgan fingerprint density at radius 2 is 1.71 bits per heavy atom.